The Morgan fingerprint density at radius 2 is 2.00 bits per heavy atom. The van der Waals surface area contributed by atoms with E-state index < -0.39 is 5.97 Å². The minimum absolute atomic E-state index is 0.000467. The Morgan fingerprint density at radius 3 is 2.70 bits per heavy atom. The van der Waals surface area contributed by atoms with Crippen LogP contribution in [0.3, 0.4) is 0 Å². The van der Waals surface area contributed by atoms with E-state index in [0.29, 0.717) is 5.56 Å². The van der Waals surface area contributed by atoms with E-state index in [4.69, 9.17) is 4.74 Å². The minimum atomic E-state index is -0.615. The number of ketones is 1. The Kier molecular flexibility index (Phi) is 5.44. The van der Waals surface area contributed by atoms with Crippen molar-refractivity contribution in [1.29, 1.82) is 0 Å². The Labute approximate surface area is 158 Å². The van der Waals surface area contributed by atoms with Crippen LogP contribution >= 0.6 is 0 Å². The Morgan fingerprint density at radius 1 is 1.26 bits per heavy atom. The molecule has 3 rings (SSSR count). The fourth-order valence-electron chi connectivity index (χ4n) is 3.57. The fourth-order valence-corrected chi connectivity index (χ4v) is 3.57. The van der Waals surface area contributed by atoms with Crippen LogP contribution in [0, 0.1) is 0 Å². The zero-order valence-electron chi connectivity index (χ0n) is 15.9. The molecule has 1 aromatic heterocycles. The maximum atomic E-state index is 12.6. The van der Waals surface area contributed by atoms with Crippen LogP contribution in [0.25, 0.3) is 0 Å². The van der Waals surface area contributed by atoms with Crippen LogP contribution < -0.4 is 0 Å². The van der Waals surface area contributed by atoms with Gasteiger partial charge in [-0.05, 0) is 43.4 Å². The number of aromatic nitrogens is 1. The van der Waals surface area contributed by atoms with Gasteiger partial charge < -0.3 is 14.2 Å². The van der Waals surface area contributed by atoms with E-state index in [1.165, 1.54) is 28.7 Å². The molecule has 0 saturated carbocycles. The number of ether oxygens (including phenoxy) is 1. The van der Waals surface area contributed by atoms with E-state index in [1.807, 2.05) is 12.1 Å². The lowest BCUT2D eigenvalue weighted by atomic mass is 9.87. The highest BCUT2D eigenvalue weighted by atomic mass is 16.5. The number of Topliss-reactive ketones (excluding diaryl/α,β-unsaturated/α-hetero) is 1. The number of carbonyl (C=O) groups excluding carboxylic acids is 3. The normalized spacial score (nSPS) is 15.7. The second kappa shape index (κ2) is 7.78. The number of fused-ring (bicyclic) bond motifs is 1. The third-order valence-corrected chi connectivity index (χ3v) is 5.15. The molecule has 142 valence electrons. The number of carbonyl (C=O) groups is 3. The molecule has 1 aliphatic rings. The number of likely N-dealkylation sites (N-methyl/N-ethyl adjacent to an activating group) is 1. The third kappa shape index (κ3) is 3.94. The summed E-state index contributed by atoms with van der Waals surface area (Å²) in [4.78, 5) is 38.0. The Balaban J connectivity index is 1.64. The summed E-state index contributed by atoms with van der Waals surface area (Å²) in [5.74, 6) is -0.988. The van der Waals surface area contributed by atoms with Gasteiger partial charge >= 0.3 is 5.97 Å². The van der Waals surface area contributed by atoms with Crippen LogP contribution in [0.2, 0.25) is 0 Å². The number of benzene rings is 1. The van der Waals surface area contributed by atoms with Crippen molar-refractivity contribution >= 4 is 17.7 Å². The number of hydrogen-bond donors (Lipinski definition) is 0. The molecule has 1 aliphatic carbocycles. The van der Waals surface area contributed by atoms with Crippen LogP contribution in [-0.2, 0) is 23.0 Å². The number of nitrogens with zero attached hydrogens (tertiary/aromatic N) is 2. The predicted octanol–water partition coefficient (Wildman–Crippen LogP) is 2.92. The van der Waals surface area contributed by atoms with E-state index >= 15 is 0 Å². The van der Waals surface area contributed by atoms with E-state index in [1.54, 1.807) is 25.2 Å². The second-order valence-electron chi connectivity index (χ2n) is 6.97. The number of amides is 1. The van der Waals surface area contributed by atoms with E-state index in [0.717, 1.165) is 19.3 Å². The van der Waals surface area contributed by atoms with Gasteiger partial charge in [0.2, 0.25) is 0 Å². The van der Waals surface area contributed by atoms with Crippen molar-refractivity contribution in [3.63, 3.8) is 0 Å². The summed E-state index contributed by atoms with van der Waals surface area (Å²) in [6, 6.07) is 9.64. The van der Waals surface area contributed by atoms with Gasteiger partial charge in [-0.3, -0.25) is 9.59 Å². The van der Waals surface area contributed by atoms with Crippen molar-refractivity contribution in [2.24, 2.45) is 7.05 Å². The maximum absolute atomic E-state index is 12.6. The lowest BCUT2D eigenvalue weighted by Crippen LogP contribution is -2.36. The monoisotopic (exact) mass is 368 g/mol. The molecule has 0 spiro atoms. The molecule has 6 nitrogen and oxygen atoms in total. The van der Waals surface area contributed by atoms with Gasteiger partial charge in [0.25, 0.3) is 5.91 Å². The molecule has 0 radical (unpaired) electrons. The molecule has 0 N–H and O–H groups in total. The van der Waals surface area contributed by atoms with Crippen LogP contribution in [0.4, 0.5) is 0 Å². The van der Waals surface area contributed by atoms with E-state index in [9.17, 15) is 14.4 Å². The van der Waals surface area contributed by atoms with Gasteiger partial charge in [-0.1, -0.05) is 24.3 Å². The zero-order chi connectivity index (χ0) is 19.6. The average molecular weight is 368 g/mol. The molecule has 27 heavy (non-hydrogen) atoms. The van der Waals surface area contributed by atoms with Gasteiger partial charge in [-0.25, -0.2) is 4.79 Å². The summed E-state index contributed by atoms with van der Waals surface area (Å²) in [7, 11) is 3.41. The molecule has 1 heterocycles. The summed E-state index contributed by atoms with van der Waals surface area (Å²) >= 11 is 0. The smallest absolute Gasteiger partial charge is 0.355 e. The summed E-state index contributed by atoms with van der Waals surface area (Å²) < 4.78 is 6.73. The molecule has 1 amide bonds. The zero-order valence-corrected chi connectivity index (χ0v) is 15.9. The summed E-state index contributed by atoms with van der Waals surface area (Å²) in [5, 5.41) is 0. The van der Waals surface area contributed by atoms with Gasteiger partial charge in [0.15, 0.2) is 12.4 Å². The number of hydrogen-bond acceptors (Lipinski definition) is 4. The number of rotatable bonds is 5. The molecule has 0 unspecified atom stereocenters. The van der Waals surface area contributed by atoms with Gasteiger partial charge in [0.1, 0.15) is 5.69 Å². The van der Waals surface area contributed by atoms with Crippen molar-refractivity contribution < 1.29 is 19.1 Å². The quantitative estimate of drug-likeness (QED) is 0.601. The van der Waals surface area contributed by atoms with Crippen LogP contribution in [0.5, 0.6) is 0 Å². The topological polar surface area (TPSA) is 68.6 Å². The maximum Gasteiger partial charge on any atom is 0.355 e. The lowest BCUT2D eigenvalue weighted by Gasteiger charge is -2.33. The molecule has 1 aromatic carbocycles. The third-order valence-electron chi connectivity index (χ3n) is 5.15. The highest BCUT2D eigenvalue weighted by molar-refractivity contribution is 5.98. The predicted molar refractivity (Wildman–Crippen MR) is 101 cm³/mol. The van der Waals surface area contributed by atoms with Crippen LogP contribution in [-0.4, -0.2) is 40.8 Å². The largest absolute Gasteiger partial charge is 0.451 e. The molecule has 2 aromatic rings. The standard InChI is InChI=1S/C21H24N2O4/c1-14(24)16-11-19(22(2)12-16)21(26)27-13-20(25)23(3)18-10-6-8-15-7-4-5-9-17(15)18/h4-5,7,9,11-12,18H,6,8,10,13H2,1-3H3/t18-/m0/s1. The van der Waals surface area contributed by atoms with Crippen LogP contribution in [0.15, 0.2) is 36.5 Å². The first-order valence-corrected chi connectivity index (χ1v) is 9.06. The first-order valence-electron chi connectivity index (χ1n) is 9.06. The molecular formula is C21H24N2O4. The van der Waals surface area contributed by atoms with Gasteiger partial charge in [-0.15, -0.1) is 0 Å². The number of aryl methyl sites for hydroxylation is 2. The first-order chi connectivity index (χ1) is 12.9. The fraction of sp³-hybridized carbons (Fsp3) is 0.381. The van der Waals surface area contributed by atoms with Crippen molar-refractivity contribution in [3.05, 3.63) is 58.9 Å². The van der Waals surface area contributed by atoms with Gasteiger partial charge in [0, 0.05) is 25.9 Å². The summed E-state index contributed by atoms with van der Waals surface area (Å²) in [6.07, 6.45) is 4.52. The van der Waals surface area contributed by atoms with Gasteiger partial charge in [0.05, 0.1) is 6.04 Å². The Hall–Kier alpha value is -2.89. The molecule has 0 aliphatic heterocycles. The SMILES string of the molecule is CC(=O)c1cc(C(=O)OCC(=O)N(C)[C@H]2CCCc3ccccc32)n(C)c1. The van der Waals surface area contributed by atoms with Crippen molar-refractivity contribution in [2.75, 3.05) is 13.7 Å². The number of esters is 1. The summed E-state index contributed by atoms with van der Waals surface area (Å²) in [5.41, 5.74) is 3.12. The average Bonchev–Trinajstić information content (AvgIpc) is 3.07. The second-order valence-corrected chi connectivity index (χ2v) is 6.97. The molecule has 0 fully saturated rings. The first kappa shape index (κ1) is 18.9. The van der Waals surface area contributed by atoms with Gasteiger partial charge in [-0.2, -0.15) is 0 Å². The highest BCUT2D eigenvalue weighted by Crippen LogP contribution is 2.33. The van der Waals surface area contributed by atoms with E-state index in [-0.39, 0.29) is 30.0 Å². The van der Waals surface area contributed by atoms with E-state index in [2.05, 4.69) is 12.1 Å². The van der Waals surface area contributed by atoms with Crippen molar-refractivity contribution in [3.8, 4) is 0 Å². The molecule has 0 saturated heterocycles. The lowest BCUT2D eigenvalue weighted by molar-refractivity contribution is -0.135. The highest BCUT2D eigenvalue weighted by Gasteiger charge is 2.27. The Bertz CT molecular complexity index is 884. The molecule has 6 heteroatoms. The van der Waals surface area contributed by atoms with Crippen molar-refractivity contribution in [1.82, 2.24) is 9.47 Å². The molecule has 0 bridgehead atoms. The molecular weight excluding hydrogens is 344 g/mol. The van der Waals surface area contributed by atoms with Crippen molar-refractivity contribution in [2.45, 2.75) is 32.2 Å². The van der Waals surface area contributed by atoms with Crippen LogP contribution in [0.1, 0.15) is 57.8 Å². The summed E-state index contributed by atoms with van der Waals surface area (Å²) in [6.45, 7) is 1.11. The minimum Gasteiger partial charge on any atom is -0.451 e. The molecule has 1 atom stereocenters.